The molecule has 0 amide bonds. The van der Waals surface area contributed by atoms with E-state index in [0.29, 0.717) is 23.2 Å². The first-order chi connectivity index (χ1) is 11.8. The second-order valence-corrected chi connectivity index (χ2v) is 9.13. The molecule has 0 aliphatic heterocycles. The van der Waals surface area contributed by atoms with E-state index in [-0.39, 0.29) is 12.2 Å². The van der Waals surface area contributed by atoms with Gasteiger partial charge in [0.1, 0.15) is 0 Å². The minimum atomic E-state index is -0.218. The summed E-state index contributed by atoms with van der Waals surface area (Å²) in [4.78, 5) is 0. The Morgan fingerprint density at radius 2 is 1.92 bits per heavy atom. The van der Waals surface area contributed by atoms with Crippen molar-refractivity contribution in [2.24, 2.45) is 23.2 Å². The Morgan fingerprint density at radius 1 is 1.16 bits per heavy atom. The van der Waals surface area contributed by atoms with Gasteiger partial charge in [0.05, 0.1) is 12.2 Å². The topological polar surface area (TPSA) is 40.5 Å². The number of fused-ring (bicyclic) bond motifs is 1. The summed E-state index contributed by atoms with van der Waals surface area (Å²) in [5.74, 6) is 1.66. The molecule has 3 aliphatic carbocycles. The minimum absolute atomic E-state index is 0.200. The number of allylic oxidation sites excluding steroid dienone is 4. The van der Waals surface area contributed by atoms with Crippen molar-refractivity contribution in [2.75, 3.05) is 0 Å². The lowest BCUT2D eigenvalue weighted by atomic mass is 9.60. The fourth-order valence-electron chi connectivity index (χ4n) is 5.87. The van der Waals surface area contributed by atoms with Crippen molar-refractivity contribution < 1.29 is 10.2 Å². The quantitative estimate of drug-likeness (QED) is 0.741. The maximum Gasteiger partial charge on any atom is 0.0583 e. The van der Waals surface area contributed by atoms with Crippen molar-refractivity contribution in [1.82, 2.24) is 0 Å². The fraction of sp³-hybridized carbons (Fsp3) is 0.739. The van der Waals surface area contributed by atoms with Gasteiger partial charge in [-0.1, -0.05) is 43.7 Å². The molecule has 2 N–H and O–H groups in total. The summed E-state index contributed by atoms with van der Waals surface area (Å²) in [5.41, 5.74) is 4.37. The molecule has 25 heavy (non-hydrogen) atoms. The van der Waals surface area contributed by atoms with Crippen molar-refractivity contribution in [3.05, 3.63) is 35.5 Å². The van der Waals surface area contributed by atoms with Crippen LogP contribution in [0.3, 0.4) is 0 Å². The maximum atomic E-state index is 10.1. The van der Waals surface area contributed by atoms with E-state index in [1.54, 1.807) is 5.57 Å². The summed E-state index contributed by atoms with van der Waals surface area (Å²) >= 11 is 0. The van der Waals surface area contributed by atoms with Crippen LogP contribution in [-0.2, 0) is 0 Å². The van der Waals surface area contributed by atoms with E-state index in [1.807, 2.05) is 6.92 Å². The van der Waals surface area contributed by atoms with Crippen LogP contribution < -0.4 is 0 Å². The SMILES string of the molecule is C=C1CC[C@H](O)C/C1=C\C=C1/CCC[C@]2(C)[C@@H]([C@H](C)C(C)O)CC[C@@H]12. The Bertz CT molecular complexity index is 571. The zero-order valence-electron chi connectivity index (χ0n) is 16.3. The number of aliphatic hydroxyl groups is 2. The van der Waals surface area contributed by atoms with Crippen LogP contribution in [0.4, 0.5) is 0 Å². The molecule has 0 bridgehead atoms. The predicted molar refractivity (Wildman–Crippen MR) is 104 cm³/mol. The van der Waals surface area contributed by atoms with E-state index in [2.05, 4.69) is 32.6 Å². The van der Waals surface area contributed by atoms with E-state index < -0.39 is 0 Å². The molecular weight excluding hydrogens is 308 g/mol. The predicted octanol–water partition coefficient (Wildman–Crippen LogP) is 5.17. The lowest BCUT2D eigenvalue weighted by molar-refractivity contribution is 0.0298. The summed E-state index contributed by atoms with van der Waals surface area (Å²) in [6.07, 6.45) is 13.0. The highest BCUT2D eigenvalue weighted by Gasteiger charge is 2.51. The highest BCUT2D eigenvalue weighted by Crippen LogP contribution is 2.59. The summed E-state index contributed by atoms with van der Waals surface area (Å²) in [6.45, 7) is 10.8. The molecule has 3 aliphatic rings. The van der Waals surface area contributed by atoms with E-state index in [9.17, 15) is 10.2 Å². The Hall–Kier alpha value is -0.860. The van der Waals surface area contributed by atoms with Gasteiger partial charge in [0.25, 0.3) is 0 Å². The first kappa shape index (κ1) is 18.9. The van der Waals surface area contributed by atoms with E-state index in [1.165, 1.54) is 43.3 Å². The van der Waals surface area contributed by atoms with Gasteiger partial charge in [-0.3, -0.25) is 0 Å². The van der Waals surface area contributed by atoms with Crippen LogP contribution in [0.2, 0.25) is 0 Å². The Morgan fingerprint density at radius 3 is 2.64 bits per heavy atom. The summed E-state index contributed by atoms with van der Waals surface area (Å²) in [5, 5.41) is 20.1. The molecule has 140 valence electrons. The van der Waals surface area contributed by atoms with Gasteiger partial charge in [0.2, 0.25) is 0 Å². The molecule has 0 spiro atoms. The fourth-order valence-corrected chi connectivity index (χ4v) is 5.87. The van der Waals surface area contributed by atoms with Crippen molar-refractivity contribution >= 4 is 0 Å². The van der Waals surface area contributed by atoms with Crippen molar-refractivity contribution in [3.8, 4) is 0 Å². The molecule has 0 aromatic carbocycles. The van der Waals surface area contributed by atoms with E-state index >= 15 is 0 Å². The highest BCUT2D eigenvalue weighted by molar-refractivity contribution is 5.36. The average Bonchev–Trinajstić information content (AvgIpc) is 2.92. The third-order valence-corrected chi connectivity index (χ3v) is 7.62. The third-order valence-electron chi connectivity index (χ3n) is 7.62. The molecule has 0 saturated heterocycles. The second-order valence-electron chi connectivity index (χ2n) is 9.13. The summed E-state index contributed by atoms with van der Waals surface area (Å²) in [7, 11) is 0. The highest BCUT2D eigenvalue weighted by atomic mass is 16.3. The van der Waals surface area contributed by atoms with Gasteiger partial charge in [-0.25, -0.2) is 0 Å². The average molecular weight is 345 g/mol. The standard InChI is InChI=1S/C23H36O2/c1-15-7-10-20(25)14-19(15)9-8-18-6-5-13-23(4)21(11-12-22(18)23)16(2)17(3)24/h8-9,16-17,20-22,24-25H,1,5-7,10-14H2,2-4H3/b18-8+,19-9+/t16-,17?,20+,21-,22+,23-/m1/s1. The Balaban J connectivity index is 1.81. The molecule has 2 heteroatoms. The van der Waals surface area contributed by atoms with Crippen LogP contribution in [-0.4, -0.2) is 22.4 Å². The van der Waals surface area contributed by atoms with Crippen LogP contribution in [0.5, 0.6) is 0 Å². The van der Waals surface area contributed by atoms with Gasteiger partial charge >= 0.3 is 0 Å². The third kappa shape index (κ3) is 3.66. The van der Waals surface area contributed by atoms with Gasteiger partial charge in [-0.2, -0.15) is 0 Å². The van der Waals surface area contributed by atoms with Crippen LogP contribution in [0.1, 0.15) is 72.1 Å². The molecule has 3 rings (SSSR count). The van der Waals surface area contributed by atoms with Gasteiger partial charge in [-0.15, -0.1) is 0 Å². The van der Waals surface area contributed by atoms with Crippen molar-refractivity contribution in [1.29, 1.82) is 0 Å². The molecule has 0 heterocycles. The zero-order chi connectivity index (χ0) is 18.2. The number of aliphatic hydroxyl groups excluding tert-OH is 2. The smallest absolute Gasteiger partial charge is 0.0583 e. The largest absolute Gasteiger partial charge is 0.393 e. The van der Waals surface area contributed by atoms with Crippen LogP contribution in [0, 0.1) is 23.2 Å². The number of hydrogen-bond donors (Lipinski definition) is 2. The molecule has 0 aromatic heterocycles. The molecule has 0 aromatic rings. The lowest BCUT2D eigenvalue weighted by Crippen LogP contribution is -2.38. The molecular formula is C23H36O2. The first-order valence-corrected chi connectivity index (χ1v) is 10.3. The van der Waals surface area contributed by atoms with E-state index in [0.717, 1.165) is 19.3 Å². The molecule has 6 atom stereocenters. The maximum absolute atomic E-state index is 10.1. The minimum Gasteiger partial charge on any atom is -0.393 e. The molecule has 1 unspecified atom stereocenters. The molecule has 3 fully saturated rings. The van der Waals surface area contributed by atoms with E-state index in [4.69, 9.17) is 0 Å². The monoisotopic (exact) mass is 344 g/mol. The lowest BCUT2D eigenvalue weighted by Gasteiger charge is -2.45. The second kappa shape index (κ2) is 7.40. The first-order valence-electron chi connectivity index (χ1n) is 10.3. The van der Waals surface area contributed by atoms with Crippen LogP contribution in [0.15, 0.2) is 35.5 Å². The number of rotatable bonds is 3. The van der Waals surface area contributed by atoms with Gasteiger partial charge in [0.15, 0.2) is 0 Å². The summed E-state index contributed by atoms with van der Waals surface area (Å²) < 4.78 is 0. The Kier molecular flexibility index (Phi) is 5.60. The Labute approximate surface area is 153 Å². The molecule has 2 nitrogen and oxygen atoms in total. The van der Waals surface area contributed by atoms with Crippen LogP contribution in [0.25, 0.3) is 0 Å². The van der Waals surface area contributed by atoms with Gasteiger partial charge in [0, 0.05) is 0 Å². The van der Waals surface area contributed by atoms with Crippen molar-refractivity contribution in [3.63, 3.8) is 0 Å². The zero-order valence-corrected chi connectivity index (χ0v) is 16.3. The van der Waals surface area contributed by atoms with Gasteiger partial charge < -0.3 is 10.2 Å². The van der Waals surface area contributed by atoms with Gasteiger partial charge in [-0.05, 0) is 87.0 Å². The summed E-state index contributed by atoms with van der Waals surface area (Å²) in [6, 6.07) is 0. The molecule has 0 radical (unpaired) electrons. The molecule has 3 saturated carbocycles. The number of hydrogen-bond acceptors (Lipinski definition) is 2. The normalized spacial score (nSPS) is 41.8. The van der Waals surface area contributed by atoms with Crippen LogP contribution >= 0.6 is 0 Å². The van der Waals surface area contributed by atoms with Crippen molar-refractivity contribution in [2.45, 2.75) is 84.3 Å².